The standard InChI is InChI=1S/C10H11F3OS/c11-7-3-4-8(10(13)9(7)12)14-5-1-2-6-15/h3-4,15H,1-2,5-6H2. The van der Waals surface area contributed by atoms with Crippen molar-refractivity contribution in [3.8, 4) is 5.75 Å². The molecule has 1 rings (SSSR count). The largest absolute Gasteiger partial charge is 0.490 e. The molecular formula is C10H11F3OS. The van der Waals surface area contributed by atoms with Crippen molar-refractivity contribution in [3.63, 3.8) is 0 Å². The SMILES string of the molecule is Fc1ccc(OCCCCS)c(F)c1F. The second-order valence-electron chi connectivity index (χ2n) is 2.95. The van der Waals surface area contributed by atoms with E-state index >= 15 is 0 Å². The van der Waals surface area contributed by atoms with Gasteiger partial charge >= 0.3 is 0 Å². The Hall–Kier alpha value is -0.840. The minimum Gasteiger partial charge on any atom is -0.490 e. The molecule has 1 aromatic carbocycles. The zero-order valence-electron chi connectivity index (χ0n) is 7.97. The highest BCUT2D eigenvalue weighted by Crippen LogP contribution is 2.21. The van der Waals surface area contributed by atoms with Gasteiger partial charge in [-0.15, -0.1) is 0 Å². The molecule has 0 atom stereocenters. The van der Waals surface area contributed by atoms with E-state index in [4.69, 9.17) is 4.74 Å². The summed E-state index contributed by atoms with van der Waals surface area (Å²) >= 11 is 3.99. The highest BCUT2D eigenvalue weighted by Gasteiger charge is 2.13. The zero-order chi connectivity index (χ0) is 11.3. The quantitative estimate of drug-likeness (QED) is 0.469. The van der Waals surface area contributed by atoms with E-state index in [9.17, 15) is 13.2 Å². The van der Waals surface area contributed by atoms with E-state index in [-0.39, 0.29) is 12.4 Å². The van der Waals surface area contributed by atoms with Crippen LogP contribution in [0.2, 0.25) is 0 Å². The molecule has 0 aliphatic carbocycles. The maximum atomic E-state index is 13.0. The fourth-order valence-electron chi connectivity index (χ4n) is 1.02. The molecule has 15 heavy (non-hydrogen) atoms. The van der Waals surface area contributed by atoms with E-state index in [0.29, 0.717) is 12.2 Å². The van der Waals surface area contributed by atoms with Crippen molar-refractivity contribution < 1.29 is 17.9 Å². The Bertz CT molecular complexity index is 331. The Balaban J connectivity index is 2.58. The van der Waals surface area contributed by atoms with Gasteiger partial charge in [-0.2, -0.15) is 17.0 Å². The molecule has 84 valence electrons. The van der Waals surface area contributed by atoms with Crippen LogP contribution in [0.5, 0.6) is 5.75 Å². The molecule has 0 bridgehead atoms. The van der Waals surface area contributed by atoms with Crippen molar-refractivity contribution in [2.75, 3.05) is 12.4 Å². The van der Waals surface area contributed by atoms with E-state index in [2.05, 4.69) is 12.6 Å². The summed E-state index contributed by atoms with van der Waals surface area (Å²) in [6.07, 6.45) is 1.52. The summed E-state index contributed by atoms with van der Waals surface area (Å²) in [5.74, 6) is -3.53. The van der Waals surface area contributed by atoms with Crippen molar-refractivity contribution in [1.29, 1.82) is 0 Å². The monoisotopic (exact) mass is 236 g/mol. The van der Waals surface area contributed by atoms with Crippen LogP contribution in [0.3, 0.4) is 0 Å². The van der Waals surface area contributed by atoms with E-state index in [0.717, 1.165) is 18.6 Å². The lowest BCUT2D eigenvalue weighted by molar-refractivity contribution is 0.286. The van der Waals surface area contributed by atoms with Crippen LogP contribution >= 0.6 is 12.6 Å². The van der Waals surface area contributed by atoms with Crippen molar-refractivity contribution >= 4 is 12.6 Å². The predicted molar refractivity (Wildman–Crippen MR) is 54.9 cm³/mol. The lowest BCUT2D eigenvalue weighted by atomic mass is 10.3. The molecule has 0 amide bonds. The molecule has 0 N–H and O–H groups in total. The van der Waals surface area contributed by atoms with Gasteiger partial charge in [-0.25, -0.2) is 8.78 Å². The Kier molecular flexibility index (Phi) is 4.81. The minimum atomic E-state index is -1.50. The molecule has 0 saturated heterocycles. The summed E-state index contributed by atoms with van der Waals surface area (Å²) in [4.78, 5) is 0. The Morgan fingerprint density at radius 1 is 1.07 bits per heavy atom. The molecule has 0 unspecified atom stereocenters. The van der Waals surface area contributed by atoms with Crippen molar-refractivity contribution in [2.24, 2.45) is 0 Å². The van der Waals surface area contributed by atoms with E-state index in [1.165, 1.54) is 0 Å². The summed E-state index contributed by atoms with van der Waals surface area (Å²) in [5.41, 5.74) is 0. The molecule has 0 spiro atoms. The van der Waals surface area contributed by atoms with Gasteiger partial charge in [0.2, 0.25) is 5.82 Å². The zero-order valence-corrected chi connectivity index (χ0v) is 8.87. The lowest BCUT2D eigenvalue weighted by Crippen LogP contribution is -2.02. The first-order chi connectivity index (χ1) is 7.16. The molecule has 1 nitrogen and oxygen atoms in total. The first-order valence-electron chi connectivity index (χ1n) is 4.54. The van der Waals surface area contributed by atoms with Crippen LogP contribution in [0.15, 0.2) is 12.1 Å². The second kappa shape index (κ2) is 5.90. The number of unbranched alkanes of at least 4 members (excludes halogenated alkanes) is 1. The molecule has 1 aromatic rings. The number of ether oxygens (including phenoxy) is 1. The first-order valence-corrected chi connectivity index (χ1v) is 5.17. The van der Waals surface area contributed by atoms with Gasteiger partial charge in [-0.05, 0) is 30.7 Å². The van der Waals surface area contributed by atoms with Gasteiger partial charge in [-0.1, -0.05) is 0 Å². The summed E-state index contributed by atoms with van der Waals surface area (Å²) in [6, 6.07) is 1.92. The smallest absolute Gasteiger partial charge is 0.203 e. The van der Waals surface area contributed by atoms with Gasteiger partial charge in [-0.3, -0.25) is 0 Å². The van der Waals surface area contributed by atoms with Gasteiger partial charge in [0.25, 0.3) is 0 Å². The fraction of sp³-hybridized carbons (Fsp3) is 0.400. The van der Waals surface area contributed by atoms with Crippen LogP contribution in [-0.2, 0) is 0 Å². The van der Waals surface area contributed by atoms with Crippen LogP contribution in [0.25, 0.3) is 0 Å². The topological polar surface area (TPSA) is 9.23 Å². The van der Waals surface area contributed by atoms with Gasteiger partial charge in [0.15, 0.2) is 17.4 Å². The number of thiol groups is 1. The molecule has 0 aromatic heterocycles. The number of halogens is 3. The second-order valence-corrected chi connectivity index (χ2v) is 3.40. The average Bonchev–Trinajstić information content (AvgIpc) is 2.24. The molecule has 0 aliphatic rings. The molecule has 0 fully saturated rings. The maximum absolute atomic E-state index is 13.0. The molecular weight excluding hydrogens is 225 g/mol. The average molecular weight is 236 g/mol. The van der Waals surface area contributed by atoms with Gasteiger partial charge in [0, 0.05) is 0 Å². The molecule has 0 heterocycles. The van der Waals surface area contributed by atoms with E-state index in [1.807, 2.05) is 0 Å². The first kappa shape index (κ1) is 12.2. The maximum Gasteiger partial charge on any atom is 0.203 e. The van der Waals surface area contributed by atoms with Crippen molar-refractivity contribution in [3.05, 3.63) is 29.6 Å². The Morgan fingerprint density at radius 3 is 2.47 bits per heavy atom. The van der Waals surface area contributed by atoms with Crippen LogP contribution in [0, 0.1) is 17.5 Å². The molecule has 0 saturated carbocycles. The summed E-state index contributed by atoms with van der Waals surface area (Å²) in [5, 5.41) is 0. The number of hydrogen-bond donors (Lipinski definition) is 1. The highest BCUT2D eigenvalue weighted by atomic mass is 32.1. The van der Waals surface area contributed by atoms with E-state index < -0.39 is 17.5 Å². The molecule has 5 heteroatoms. The number of hydrogen-bond acceptors (Lipinski definition) is 2. The third-order valence-electron chi connectivity index (χ3n) is 1.81. The molecule has 0 aliphatic heterocycles. The van der Waals surface area contributed by atoms with Gasteiger partial charge < -0.3 is 4.74 Å². The molecule has 0 radical (unpaired) electrons. The van der Waals surface area contributed by atoms with Gasteiger partial charge in [0.05, 0.1) is 6.61 Å². The summed E-state index contributed by atoms with van der Waals surface area (Å²) in [7, 11) is 0. The van der Waals surface area contributed by atoms with Crippen molar-refractivity contribution in [1.82, 2.24) is 0 Å². The number of rotatable bonds is 5. The van der Waals surface area contributed by atoms with Crippen LogP contribution in [0.1, 0.15) is 12.8 Å². The highest BCUT2D eigenvalue weighted by molar-refractivity contribution is 7.80. The normalized spacial score (nSPS) is 10.4. The van der Waals surface area contributed by atoms with Gasteiger partial charge in [0.1, 0.15) is 0 Å². The minimum absolute atomic E-state index is 0.256. The van der Waals surface area contributed by atoms with Crippen molar-refractivity contribution in [2.45, 2.75) is 12.8 Å². The van der Waals surface area contributed by atoms with Crippen LogP contribution in [0.4, 0.5) is 13.2 Å². The third-order valence-corrected chi connectivity index (χ3v) is 2.13. The summed E-state index contributed by atoms with van der Waals surface area (Å²) < 4.78 is 43.2. The summed E-state index contributed by atoms with van der Waals surface area (Å²) in [6.45, 7) is 0.266. The van der Waals surface area contributed by atoms with E-state index in [1.54, 1.807) is 0 Å². The fourth-order valence-corrected chi connectivity index (χ4v) is 1.24. The third kappa shape index (κ3) is 3.34. The van der Waals surface area contributed by atoms with Crippen LogP contribution in [-0.4, -0.2) is 12.4 Å². The predicted octanol–water partition coefficient (Wildman–Crippen LogP) is 3.19. The number of benzene rings is 1. The lowest BCUT2D eigenvalue weighted by Gasteiger charge is -2.07. The van der Waals surface area contributed by atoms with Crippen LogP contribution < -0.4 is 4.74 Å². The Morgan fingerprint density at radius 2 is 1.80 bits per heavy atom. The Labute approximate surface area is 91.7 Å².